The van der Waals surface area contributed by atoms with Crippen molar-refractivity contribution in [2.75, 3.05) is 13.2 Å². The van der Waals surface area contributed by atoms with E-state index in [0.29, 0.717) is 25.9 Å². The average molecular weight is 1040 g/mol. The zero-order valence-electron chi connectivity index (χ0n) is 50.1. The summed E-state index contributed by atoms with van der Waals surface area (Å²) in [7, 11) is 0. The lowest BCUT2D eigenvalue weighted by atomic mass is 10.0. The van der Waals surface area contributed by atoms with E-state index >= 15 is 0 Å². The zero-order valence-corrected chi connectivity index (χ0v) is 50.1. The molecule has 2 unspecified atom stereocenters. The Kier molecular flexibility index (Phi) is 62.4. The van der Waals surface area contributed by atoms with Crippen molar-refractivity contribution < 1.29 is 24.5 Å². The van der Waals surface area contributed by atoms with Crippen molar-refractivity contribution in [3.63, 3.8) is 0 Å². The Hall–Kier alpha value is -1.66. The van der Waals surface area contributed by atoms with E-state index in [1.807, 2.05) is 0 Å². The molecule has 0 rings (SSSR count). The zero-order chi connectivity index (χ0) is 53.6. The summed E-state index contributed by atoms with van der Waals surface area (Å²) >= 11 is 0. The largest absolute Gasteiger partial charge is 0.466 e. The number of hydrogen-bond acceptors (Lipinski definition) is 5. The Labute approximate surface area is 462 Å². The number of hydrogen-bond donors (Lipinski definition) is 3. The van der Waals surface area contributed by atoms with E-state index in [-0.39, 0.29) is 18.5 Å². The molecule has 2 atom stereocenters. The second-order valence-electron chi connectivity index (χ2n) is 23.2. The maximum absolute atomic E-state index is 12.5. The van der Waals surface area contributed by atoms with Gasteiger partial charge in [0.2, 0.25) is 5.91 Å². The standard InChI is InChI=1S/C68H131NO5/c1-3-5-7-9-11-13-15-17-34-38-42-46-50-54-58-62-68(73)74-63-59-55-51-47-43-39-36-33-31-29-27-25-23-21-19-18-20-22-24-26-28-30-32-35-37-41-45-49-53-57-61-67(72)69-65(64-70)66(71)60-56-52-48-44-40-16-14-12-10-8-6-4-2/h11,13,17,34,65-66,70-71H,3-10,12,14-16,18-33,35-64H2,1-2H3,(H,69,72)/b13-11-,34-17-. The van der Waals surface area contributed by atoms with Crippen molar-refractivity contribution in [1.29, 1.82) is 0 Å². The third-order valence-corrected chi connectivity index (χ3v) is 15.8. The molecule has 0 aliphatic carbocycles. The molecule has 0 aromatic heterocycles. The predicted molar refractivity (Wildman–Crippen MR) is 324 cm³/mol. The van der Waals surface area contributed by atoms with E-state index in [9.17, 15) is 19.8 Å². The monoisotopic (exact) mass is 1040 g/mol. The van der Waals surface area contributed by atoms with Crippen LogP contribution in [0.25, 0.3) is 0 Å². The average Bonchev–Trinajstić information content (AvgIpc) is 3.40. The summed E-state index contributed by atoms with van der Waals surface area (Å²) in [5.74, 6) is -0.0235. The molecule has 6 heteroatoms. The maximum atomic E-state index is 12.5. The Morgan fingerprint density at radius 3 is 1.05 bits per heavy atom. The van der Waals surface area contributed by atoms with Gasteiger partial charge in [0.1, 0.15) is 0 Å². The number of carbonyl (C=O) groups is 2. The number of carbonyl (C=O) groups excluding carboxylic acids is 2. The first kappa shape index (κ1) is 72.3. The van der Waals surface area contributed by atoms with Crippen LogP contribution in [-0.4, -0.2) is 47.4 Å². The summed E-state index contributed by atoms with van der Waals surface area (Å²) in [6.45, 7) is 4.94. The fraction of sp³-hybridized carbons (Fsp3) is 0.912. The number of amides is 1. The molecule has 3 N–H and O–H groups in total. The van der Waals surface area contributed by atoms with Gasteiger partial charge in [-0.15, -0.1) is 0 Å². The molecule has 1 amide bonds. The van der Waals surface area contributed by atoms with Crippen molar-refractivity contribution in [1.82, 2.24) is 5.32 Å². The molecule has 0 radical (unpaired) electrons. The van der Waals surface area contributed by atoms with Gasteiger partial charge < -0.3 is 20.3 Å². The van der Waals surface area contributed by atoms with Crippen molar-refractivity contribution in [2.45, 2.75) is 386 Å². The van der Waals surface area contributed by atoms with Crippen LogP contribution in [0.5, 0.6) is 0 Å². The van der Waals surface area contributed by atoms with Crippen LogP contribution in [0.1, 0.15) is 373 Å². The minimum Gasteiger partial charge on any atom is -0.466 e. The molecule has 0 bridgehead atoms. The van der Waals surface area contributed by atoms with Crippen LogP contribution in [0.2, 0.25) is 0 Å². The fourth-order valence-electron chi connectivity index (χ4n) is 10.6. The molecule has 6 nitrogen and oxygen atoms in total. The second kappa shape index (κ2) is 63.9. The lowest BCUT2D eigenvalue weighted by Crippen LogP contribution is -2.45. The molecule has 0 saturated heterocycles. The van der Waals surface area contributed by atoms with Crippen LogP contribution in [0.4, 0.5) is 0 Å². The minimum absolute atomic E-state index is 0.00643. The highest BCUT2D eigenvalue weighted by Crippen LogP contribution is 2.19. The van der Waals surface area contributed by atoms with E-state index in [2.05, 4.69) is 43.5 Å². The summed E-state index contributed by atoms with van der Waals surface area (Å²) in [5, 5.41) is 23.2. The molecule has 0 aromatic carbocycles. The Morgan fingerprint density at radius 2 is 0.676 bits per heavy atom. The number of unbranched alkanes of at least 4 members (excludes halogenated alkanes) is 48. The van der Waals surface area contributed by atoms with Gasteiger partial charge in [-0.1, -0.05) is 327 Å². The minimum atomic E-state index is -0.660. The van der Waals surface area contributed by atoms with Gasteiger partial charge in [-0.3, -0.25) is 9.59 Å². The third kappa shape index (κ3) is 59.6. The van der Waals surface area contributed by atoms with E-state index in [4.69, 9.17) is 4.74 Å². The molecule has 0 spiro atoms. The SMILES string of the molecule is CCCCC/C=C\C/C=C\CCCCCCCC(=O)OCCCCCCCCCCCCCCCCCCCCCCCCCCCCCCCCC(=O)NC(CO)C(O)CCCCCCCCCCCCCC. The topological polar surface area (TPSA) is 95.9 Å². The molecule has 438 valence electrons. The Bertz CT molecular complexity index is 1150. The maximum Gasteiger partial charge on any atom is 0.305 e. The Balaban J connectivity index is 3.31. The van der Waals surface area contributed by atoms with Crippen LogP contribution in [0, 0.1) is 0 Å². The van der Waals surface area contributed by atoms with Crippen molar-refractivity contribution >= 4 is 11.9 Å². The van der Waals surface area contributed by atoms with E-state index in [1.165, 1.54) is 289 Å². The van der Waals surface area contributed by atoms with Gasteiger partial charge in [0.25, 0.3) is 0 Å². The molecule has 0 fully saturated rings. The van der Waals surface area contributed by atoms with Gasteiger partial charge >= 0.3 is 5.97 Å². The smallest absolute Gasteiger partial charge is 0.305 e. The number of rotatable bonds is 63. The number of aliphatic hydroxyl groups is 2. The van der Waals surface area contributed by atoms with Gasteiger partial charge in [0.15, 0.2) is 0 Å². The van der Waals surface area contributed by atoms with E-state index < -0.39 is 12.1 Å². The fourth-order valence-corrected chi connectivity index (χ4v) is 10.6. The lowest BCUT2D eigenvalue weighted by Gasteiger charge is -2.22. The molecule has 74 heavy (non-hydrogen) atoms. The van der Waals surface area contributed by atoms with Crippen LogP contribution in [0.15, 0.2) is 24.3 Å². The second-order valence-corrected chi connectivity index (χ2v) is 23.2. The number of nitrogens with one attached hydrogen (secondary N) is 1. The van der Waals surface area contributed by atoms with Gasteiger partial charge in [0.05, 0.1) is 25.4 Å². The predicted octanol–water partition coefficient (Wildman–Crippen LogP) is 21.4. The highest BCUT2D eigenvalue weighted by Gasteiger charge is 2.20. The van der Waals surface area contributed by atoms with E-state index in [0.717, 1.165) is 51.4 Å². The normalized spacial score (nSPS) is 12.6. The highest BCUT2D eigenvalue weighted by atomic mass is 16.5. The van der Waals surface area contributed by atoms with Crippen molar-refractivity contribution in [3.05, 3.63) is 24.3 Å². The molecular formula is C68H131NO5. The molecule has 0 aliphatic rings. The first-order valence-electron chi connectivity index (χ1n) is 33.6. The van der Waals surface area contributed by atoms with Crippen molar-refractivity contribution in [3.8, 4) is 0 Å². The molecule has 0 heterocycles. The first-order chi connectivity index (χ1) is 36.5. The first-order valence-corrected chi connectivity index (χ1v) is 33.6. The summed E-state index contributed by atoms with van der Waals surface area (Å²) in [6.07, 6.45) is 79.4. The van der Waals surface area contributed by atoms with E-state index in [1.54, 1.807) is 0 Å². The lowest BCUT2D eigenvalue weighted by molar-refractivity contribution is -0.143. The molecule has 0 aromatic rings. The molecule has 0 saturated carbocycles. The van der Waals surface area contributed by atoms with Gasteiger partial charge in [-0.05, 0) is 57.8 Å². The molecule has 0 aliphatic heterocycles. The molecular weight excluding hydrogens is 911 g/mol. The number of ether oxygens (including phenoxy) is 1. The van der Waals surface area contributed by atoms with Crippen LogP contribution >= 0.6 is 0 Å². The summed E-state index contributed by atoms with van der Waals surface area (Å²) in [6, 6.07) is -0.537. The summed E-state index contributed by atoms with van der Waals surface area (Å²) < 4.78 is 5.49. The Morgan fingerprint density at radius 1 is 0.378 bits per heavy atom. The van der Waals surface area contributed by atoms with Crippen LogP contribution < -0.4 is 5.32 Å². The number of esters is 1. The quantitative estimate of drug-likeness (QED) is 0.0320. The number of aliphatic hydroxyl groups excluding tert-OH is 2. The van der Waals surface area contributed by atoms with Crippen LogP contribution in [0.3, 0.4) is 0 Å². The van der Waals surface area contributed by atoms with Gasteiger partial charge in [-0.2, -0.15) is 0 Å². The van der Waals surface area contributed by atoms with Gasteiger partial charge in [-0.25, -0.2) is 0 Å². The summed E-state index contributed by atoms with van der Waals surface area (Å²) in [5.41, 5.74) is 0. The van der Waals surface area contributed by atoms with Crippen LogP contribution in [-0.2, 0) is 14.3 Å². The third-order valence-electron chi connectivity index (χ3n) is 15.8. The number of allylic oxidation sites excluding steroid dienone is 4. The van der Waals surface area contributed by atoms with Gasteiger partial charge in [0, 0.05) is 12.8 Å². The van der Waals surface area contributed by atoms with Crippen molar-refractivity contribution in [2.24, 2.45) is 0 Å². The highest BCUT2D eigenvalue weighted by molar-refractivity contribution is 5.76. The summed E-state index contributed by atoms with van der Waals surface area (Å²) in [4.78, 5) is 24.5.